The van der Waals surface area contributed by atoms with Crippen LogP contribution in [0.5, 0.6) is 0 Å². The van der Waals surface area contributed by atoms with E-state index in [1.165, 1.54) is 7.11 Å². The third-order valence-corrected chi connectivity index (χ3v) is 5.76. The van der Waals surface area contributed by atoms with Gasteiger partial charge in [-0.15, -0.1) is 0 Å². The minimum atomic E-state index is -0.895. The molecular weight excluding hydrogens is 500 g/mol. The highest BCUT2D eigenvalue weighted by molar-refractivity contribution is 9.11. The summed E-state index contributed by atoms with van der Waals surface area (Å²) in [6, 6.07) is 22.1. The third-order valence-electron chi connectivity index (χ3n) is 4.37. The summed E-state index contributed by atoms with van der Waals surface area (Å²) in [5, 5.41) is 12.6. The second kappa shape index (κ2) is 9.20. The number of carbonyl (C=O) groups excluding carboxylic acids is 1. The zero-order valence-electron chi connectivity index (χ0n) is 15.4. The number of carbonyl (C=O) groups is 2. The van der Waals surface area contributed by atoms with E-state index in [1.54, 1.807) is 18.2 Å². The van der Waals surface area contributed by atoms with Crippen molar-refractivity contribution in [2.24, 2.45) is 0 Å². The van der Waals surface area contributed by atoms with Crippen LogP contribution in [0.25, 0.3) is 21.5 Å². The van der Waals surface area contributed by atoms with Crippen LogP contribution in [-0.2, 0) is 4.74 Å². The molecular formula is C23H16Br2O4. The van der Waals surface area contributed by atoms with Crippen LogP contribution in [0.4, 0.5) is 0 Å². The van der Waals surface area contributed by atoms with Crippen molar-refractivity contribution in [2.45, 2.75) is 0 Å². The number of fused-ring (bicyclic) bond motifs is 2. The second-order valence-corrected chi connectivity index (χ2v) is 7.79. The first-order chi connectivity index (χ1) is 13.9. The smallest absolute Gasteiger partial charge is 0.338 e. The van der Waals surface area contributed by atoms with Gasteiger partial charge in [0.2, 0.25) is 0 Å². The van der Waals surface area contributed by atoms with E-state index in [1.807, 2.05) is 54.6 Å². The number of hydrogen-bond donors (Lipinski definition) is 1. The molecule has 4 nitrogen and oxygen atoms in total. The Morgan fingerprint density at radius 1 is 0.690 bits per heavy atom. The van der Waals surface area contributed by atoms with Crippen molar-refractivity contribution < 1.29 is 19.4 Å². The van der Waals surface area contributed by atoms with Crippen molar-refractivity contribution in [3.63, 3.8) is 0 Å². The summed E-state index contributed by atoms with van der Waals surface area (Å²) in [6.45, 7) is 0. The van der Waals surface area contributed by atoms with E-state index in [9.17, 15) is 9.59 Å². The van der Waals surface area contributed by atoms with Crippen LogP contribution < -0.4 is 0 Å². The van der Waals surface area contributed by atoms with Crippen LogP contribution in [-0.4, -0.2) is 24.2 Å². The van der Waals surface area contributed by atoms with Gasteiger partial charge in [0.1, 0.15) is 0 Å². The van der Waals surface area contributed by atoms with Crippen LogP contribution >= 0.6 is 31.9 Å². The number of esters is 1. The lowest BCUT2D eigenvalue weighted by atomic mass is 10.1. The second-order valence-electron chi connectivity index (χ2n) is 6.08. The maximum absolute atomic E-state index is 11.5. The fraction of sp³-hybridized carbons (Fsp3) is 0.0435. The van der Waals surface area contributed by atoms with Gasteiger partial charge in [-0.3, -0.25) is 0 Å². The van der Waals surface area contributed by atoms with E-state index < -0.39 is 5.97 Å². The van der Waals surface area contributed by atoms with Crippen molar-refractivity contribution in [1.29, 1.82) is 0 Å². The Morgan fingerprint density at radius 2 is 1.10 bits per heavy atom. The van der Waals surface area contributed by atoms with Gasteiger partial charge < -0.3 is 9.84 Å². The number of methoxy groups -OCH3 is 1. The van der Waals surface area contributed by atoms with Gasteiger partial charge in [0.15, 0.2) is 0 Å². The molecule has 0 aliphatic carbocycles. The van der Waals surface area contributed by atoms with E-state index >= 15 is 0 Å². The molecule has 29 heavy (non-hydrogen) atoms. The van der Waals surface area contributed by atoms with Gasteiger partial charge in [0.05, 0.1) is 18.2 Å². The van der Waals surface area contributed by atoms with Crippen LogP contribution in [0.3, 0.4) is 0 Å². The van der Waals surface area contributed by atoms with Gasteiger partial charge >= 0.3 is 11.9 Å². The molecule has 146 valence electrons. The molecule has 1 N–H and O–H groups in total. The summed E-state index contributed by atoms with van der Waals surface area (Å²) < 4.78 is 6.62. The van der Waals surface area contributed by atoms with Crippen LogP contribution in [0.2, 0.25) is 0 Å². The number of hydrogen-bond acceptors (Lipinski definition) is 3. The summed E-state index contributed by atoms with van der Waals surface area (Å²) in [5.41, 5.74) is 0.931. The number of carboxylic acid groups (broad SMARTS) is 1. The highest BCUT2D eigenvalue weighted by atomic mass is 79.9. The third kappa shape index (κ3) is 4.49. The standard InChI is InChI=1S/C12H9BrO2.C11H7BrO2/c1-15-12(14)10-6-2-5-9-8(10)4-3-7-11(9)13;12-10-6-2-3-7-8(10)4-1-5-9(7)11(13)14/h2-7H,1H3;1-6H,(H,13,14). The van der Waals surface area contributed by atoms with Gasteiger partial charge in [-0.05, 0) is 45.8 Å². The van der Waals surface area contributed by atoms with Gasteiger partial charge in [-0.1, -0.05) is 80.4 Å². The lowest BCUT2D eigenvalue weighted by Crippen LogP contribution is -2.01. The fourth-order valence-corrected chi connectivity index (χ4v) is 4.01. The van der Waals surface area contributed by atoms with Crippen LogP contribution in [0, 0.1) is 0 Å². The first-order valence-electron chi connectivity index (χ1n) is 8.60. The molecule has 0 heterocycles. The van der Waals surface area contributed by atoms with Crippen molar-refractivity contribution in [1.82, 2.24) is 0 Å². The normalized spacial score (nSPS) is 10.3. The lowest BCUT2D eigenvalue weighted by Gasteiger charge is -2.05. The fourth-order valence-electron chi connectivity index (χ4n) is 3.02. The minimum Gasteiger partial charge on any atom is -0.478 e. The molecule has 0 saturated carbocycles. The molecule has 4 rings (SSSR count). The summed E-state index contributed by atoms with van der Waals surface area (Å²) in [6.07, 6.45) is 0. The first-order valence-corrected chi connectivity index (χ1v) is 10.2. The maximum atomic E-state index is 11.5. The summed E-state index contributed by atoms with van der Waals surface area (Å²) in [4.78, 5) is 22.4. The molecule has 0 aliphatic rings. The number of ether oxygens (including phenoxy) is 1. The SMILES string of the molecule is COC(=O)c1cccc2c(Br)cccc12.O=C(O)c1cccc2c(Br)cccc12. The number of benzene rings is 4. The van der Waals surface area contributed by atoms with Gasteiger partial charge in [-0.25, -0.2) is 9.59 Å². The molecule has 0 radical (unpaired) electrons. The average molecular weight is 516 g/mol. The topological polar surface area (TPSA) is 63.6 Å². The molecule has 0 aromatic heterocycles. The summed E-state index contributed by atoms with van der Waals surface area (Å²) >= 11 is 6.84. The predicted molar refractivity (Wildman–Crippen MR) is 122 cm³/mol. The van der Waals surface area contributed by atoms with E-state index in [0.29, 0.717) is 11.1 Å². The Hall–Kier alpha value is -2.70. The monoisotopic (exact) mass is 514 g/mol. The molecule has 0 fully saturated rings. The molecule has 4 aromatic carbocycles. The van der Waals surface area contributed by atoms with Gasteiger partial charge in [-0.2, -0.15) is 0 Å². The Morgan fingerprint density at radius 3 is 1.59 bits per heavy atom. The molecule has 0 saturated heterocycles. The van der Waals surface area contributed by atoms with Gasteiger partial charge in [0.25, 0.3) is 0 Å². The van der Waals surface area contributed by atoms with E-state index in [-0.39, 0.29) is 5.97 Å². The first kappa shape index (κ1) is 21.0. The molecule has 0 amide bonds. The largest absolute Gasteiger partial charge is 0.478 e. The Balaban J connectivity index is 0.000000166. The highest BCUT2D eigenvalue weighted by Crippen LogP contribution is 2.27. The minimum absolute atomic E-state index is 0.307. The zero-order chi connectivity index (χ0) is 21.0. The molecule has 0 spiro atoms. The Labute approximate surface area is 184 Å². The van der Waals surface area contributed by atoms with E-state index in [0.717, 1.165) is 30.5 Å². The average Bonchev–Trinajstić information content (AvgIpc) is 2.73. The predicted octanol–water partition coefficient (Wildman–Crippen LogP) is 6.69. The zero-order valence-corrected chi connectivity index (χ0v) is 18.5. The van der Waals surface area contributed by atoms with Crippen molar-refractivity contribution in [3.05, 3.63) is 92.9 Å². The molecule has 0 aliphatic heterocycles. The van der Waals surface area contributed by atoms with Crippen LogP contribution in [0.1, 0.15) is 20.7 Å². The number of aromatic carboxylic acids is 1. The Kier molecular flexibility index (Phi) is 6.67. The molecule has 4 aromatic rings. The quantitative estimate of drug-likeness (QED) is 0.302. The van der Waals surface area contributed by atoms with Crippen LogP contribution in [0.15, 0.2) is 81.7 Å². The Bertz CT molecular complexity index is 1220. The summed E-state index contributed by atoms with van der Waals surface area (Å²) in [5.74, 6) is -1.20. The van der Waals surface area contributed by atoms with E-state index in [2.05, 4.69) is 31.9 Å². The molecule has 0 atom stereocenters. The van der Waals surface area contributed by atoms with Crippen molar-refractivity contribution in [3.8, 4) is 0 Å². The van der Waals surface area contributed by atoms with E-state index in [4.69, 9.17) is 9.84 Å². The summed E-state index contributed by atoms with van der Waals surface area (Å²) in [7, 11) is 1.39. The molecule has 6 heteroatoms. The van der Waals surface area contributed by atoms with Gasteiger partial charge in [0, 0.05) is 8.95 Å². The van der Waals surface area contributed by atoms with Crippen molar-refractivity contribution in [2.75, 3.05) is 7.11 Å². The number of rotatable bonds is 2. The lowest BCUT2D eigenvalue weighted by molar-refractivity contribution is 0.0602. The highest BCUT2D eigenvalue weighted by Gasteiger charge is 2.10. The molecule has 0 unspecified atom stereocenters. The number of halogens is 2. The maximum Gasteiger partial charge on any atom is 0.338 e. The van der Waals surface area contributed by atoms with Crippen molar-refractivity contribution >= 4 is 65.3 Å². The number of carboxylic acids is 1. The molecule has 0 bridgehead atoms.